The SMILES string of the molecule is O=C(C1CCCO1)N1CCc2cc(NS(=O)(=O)Cc3ccccc3)ccc21. The van der Waals surface area contributed by atoms with Crippen molar-refractivity contribution in [2.24, 2.45) is 0 Å². The number of fused-ring (bicyclic) bond motifs is 1. The number of ether oxygens (including phenoxy) is 1. The molecule has 0 aromatic heterocycles. The number of hydrogen-bond donors (Lipinski definition) is 1. The Hall–Kier alpha value is -2.38. The zero-order valence-electron chi connectivity index (χ0n) is 14.9. The molecule has 142 valence electrons. The summed E-state index contributed by atoms with van der Waals surface area (Å²) in [5.74, 6) is -0.0715. The van der Waals surface area contributed by atoms with Crippen LogP contribution in [0.1, 0.15) is 24.0 Å². The molecule has 0 aliphatic carbocycles. The lowest BCUT2D eigenvalue weighted by molar-refractivity contribution is -0.127. The molecule has 1 fully saturated rings. The Balaban J connectivity index is 1.48. The number of benzene rings is 2. The molecule has 0 saturated carbocycles. The molecule has 4 rings (SSSR count). The van der Waals surface area contributed by atoms with Gasteiger partial charge in [-0.2, -0.15) is 0 Å². The first kappa shape index (κ1) is 18.0. The lowest BCUT2D eigenvalue weighted by Gasteiger charge is -2.21. The second-order valence-corrected chi connectivity index (χ2v) is 8.65. The van der Waals surface area contributed by atoms with E-state index in [9.17, 15) is 13.2 Å². The van der Waals surface area contributed by atoms with E-state index in [0.29, 0.717) is 25.3 Å². The number of sulfonamides is 1. The van der Waals surface area contributed by atoms with Crippen molar-refractivity contribution >= 4 is 27.3 Å². The minimum Gasteiger partial charge on any atom is -0.368 e. The maximum Gasteiger partial charge on any atom is 0.256 e. The average molecular weight is 386 g/mol. The van der Waals surface area contributed by atoms with E-state index in [4.69, 9.17) is 4.74 Å². The molecule has 2 aromatic rings. The van der Waals surface area contributed by atoms with Crippen molar-refractivity contribution in [3.8, 4) is 0 Å². The molecule has 1 saturated heterocycles. The van der Waals surface area contributed by atoms with E-state index in [1.54, 1.807) is 23.1 Å². The van der Waals surface area contributed by atoms with E-state index < -0.39 is 10.0 Å². The van der Waals surface area contributed by atoms with Gasteiger partial charge in [0.1, 0.15) is 6.10 Å². The molecule has 2 aliphatic heterocycles. The summed E-state index contributed by atoms with van der Waals surface area (Å²) < 4.78 is 33.0. The van der Waals surface area contributed by atoms with Crippen LogP contribution >= 0.6 is 0 Å². The third-order valence-corrected chi connectivity index (χ3v) is 6.18. The zero-order valence-corrected chi connectivity index (χ0v) is 15.7. The Bertz CT molecular complexity index is 938. The maximum absolute atomic E-state index is 12.6. The van der Waals surface area contributed by atoms with Crippen molar-refractivity contribution in [3.63, 3.8) is 0 Å². The first-order valence-corrected chi connectivity index (χ1v) is 10.8. The number of carbonyl (C=O) groups is 1. The van der Waals surface area contributed by atoms with Gasteiger partial charge in [0, 0.05) is 24.5 Å². The van der Waals surface area contributed by atoms with E-state index >= 15 is 0 Å². The normalized spacial score (nSPS) is 19.1. The highest BCUT2D eigenvalue weighted by atomic mass is 32.2. The van der Waals surface area contributed by atoms with Gasteiger partial charge in [-0.25, -0.2) is 8.42 Å². The molecule has 27 heavy (non-hydrogen) atoms. The number of nitrogens with zero attached hydrogens (tertiary/aromatic N) is 1. The molecule has 0 radical (unpaired) electrons. The second-order valence-electron chi connectivity index (χ2n) is 6.93. The van der Waals surface area contributed by atoms with Gasteiger partial charge in [0.15, 0.2) is 0 Å². The third-order valence-electron chi connectivity index (χ3n) is 4.92. The summed E-state index contributed by atoms with van der Waals surface area (Å²) in [6, 6.07) is 14.4. The minimum atomic E-state index is -3.50. The standard InChI is InChI=1S/C20H22N2O4S/c23-20(19-7-4-12-26-19)22-11-10-16-13-17(8-9-18(16)22)21-27(24,25)14-15-5-2-1-3-6-15/h1-3,5-6,8-9,13,19,21H,4,7,10-12,14H2. The molecule has 2 aliphatic rings. The number of rotatable bonds is 5. The summed E-state index contributed by atoms with van der Waals surface area (Å²) in [7, 11) is -3.50. The number of carbonyl (C=O) groups excluding carboxylic acids is 1. The number of nitrogens with one attached hydrogen (secondary N) is 1. The van der Waals surface area contributed by atoms with Crippen molar-refractivity contribution in [1.82, 2.24) is 0 Å². The Morgan fingerprint density at radius 1 is 1.19 bits per heavy atom. The van der Waals surface area contributed by atoms with Gasteiger partial charge in [0.2, 0.25) is 10.0 Å². The maximum atomic E-state index is 12.6. The van der Waals surface area contributed by atoms with Gasteiger partial charge in [0.05, 0.1) is 5.75 Å². The monoisotopic (exact) mass is 386 g/mol. The van der Waals surface area contributed by atoms with Gasteiger partial charge in [0.25, 0.3) is 5.91 Å². The van der Waals surface area contributed by atoms with E-state index in [1.807, 2.05) is 30.3 Å². The molecule has 6 nitrogen and oxygen atoms in total. The summed E-state index contributed by atoms with van der Waals surface area (Å²) in [6.45, 7) is 1.24. The van der Waals surface area contributed by atoms with E-state index in [-0.39, 0.29) is 17.8 Å². The Morgan fingerprint density at radius 2 is 2.00 bits per heavy atom. The van der Waals surface area contributed by atoms with Crippen LogP contribution < -0.4 is 9.62 Å². The number of anilines is 2. The fourth-order valence-corrected chi connectivity index (χ4v) is 4.84. The van der Waals surface area contributed by atoms with Gasteiger partial charge in [-0.1, -0.05) is 30.3 Å². The van der Waals surface area contributed by atoms with Gasteiger partial charge < -0.3 is 9.64 Å². The van der Waals surface area contributed by atoms with Crippen molar-refractivity contribution in [2.45, 2.75) is 31.1 Å². The fourth-order valence-electron chi connectivity index (χ4n) is 3.65. The molecule has 2 aromatic carbocycles. The lowest BCUT2D eigenvalue weighted by Crippen LogP contribution is -2.37. The van der Waals surface area contributed by atoms with Crippen LogP contribution in [0.15, 0.2) is 48.5 Å². The minimum absolute atomic E-state index is 0.00339. The fraction of sp³-hybridized carbons (Fsp3) is 0.350. The Kier molecular flexibility index (Phi) is 4.88. The van der Waals surface area contributed by atoms with Crippen molar-refractivity contribution < 1.29 is 17.9 Å². The molecule has 7 heteroatoms. The van der Waals surface area contributed by atoms with Crippen LogP contribution in [0.4, 0.5) is 11.4 Å². The number of amides is 1. The first-order valence-electron chi connectivity index (χ1n) is 9.12. The highest BCUT2D eigenvalue weighted by molar-refractivity contribution is 7.91. The van der Waals surface area contributed by atoms with E-state index in [2.05, 4.69) is 4.72 Å². The molecule has 1 atom stereocenters. The molecule has 1 unspecified atom stereocenters. The van der Waals surface area contributed by atoms with Gasteiger partial charge in [-0.05, 0) is 48.6 Å². The lowest BCUT2D eigenvalue weighted by atomic mass is 10.1. The van der Waals surface area contributed by atoms with E-state index in [0.717, 1.165) is 29.7 Å². The van der Waals surface area contributed by atoms with Crippen molar-refractivity contribution in [2.75, 3.05) is 22.8 Å². The molecule has 1 N–H and O–H groups in total. The highest BCUT2D eigenvalue weighted by Crippen LogP contribution is 2.32. The van der Waals surface area contributed by atoms with Crippen LogP contribution in [0, 0.1) is 0 Å². The van der Waals surface area contributed by atoms with Gasteiger partial charge >= 0.3 is 0 Å². The Labute approximate surface area is 159 Å². The Morgan fingerprint density at radius 3 is 2.74 bits per heavy atom. The number of hydrogen-bond acceptors (Lipinski definition) is 4. The predicted octanol–water partition coefficient (Wildman–Crippen LogP) is 2.70. The summed E-state index contributed by atoms with van der Waals surface area (Å²) in [6.07, 6.45) is 2.04. The van der Waals surface area contributed by atoms with Crippen LogP contribution in [0.25, 0.3) is 0 Å². The summed E-state index contributed by atoms with van der Waals surface area (Å²) >= 11 is 0. The largest absolute Gasteiger partial charge is 0.368 e. The first-order chi connectivity index (χ1) is 13.0. The second kappa shape index (κ2) is 7.32. The van der Waals surface area contributed by atoms with Crippen LogP contribution in [-0.4, -0.2) is 33.6 Å². The molecule has 0 bridgehead atoms. The highest BCUT2D eigenvalue weighted by Gasteiger charge is 2.32. The topological polar surface area (TPSA) is 75.7 Å². The quantitative estimate of drug-likeness (QED) is 0.857. The van der Waals surface area contributed by atoms with Gasteiger partial charge in [-0.3, -0.25) is 9.52 Å². The van der Waals surface area contributed by atoms with Gasteiger partial charge in [-0.15, -0.1) is 0 Å². The molecule has 0 spiro atoms. The van der Waals surface area contributed by atoms with Crippen LogP contribution in [0.5, 0.6) is 0 Å². The van der Waals surface area contributed by atoms with Crippen LogP contribution in [0.2, 0.25) is 0 Å². The molecule has 2 heterocycles. The average Bonchev–Trinajstić information content (AvgIpc) is 3.31. The summed E-state index contributed by atoms with van der Waals surface area (Å²) in [4.78, 5) is 14.4. The van der Waals surface area contributed by atoms with Crippen LogP contribution in [-0.2, 0) is 31.7 Å². The predicted molar refractivity (Wildman–Crippen MR) is 104 cm³/mol. The summed E-state index contributed by atoms with van der Waals surface area (Å²) in [5.41, 5.74) is 3.08. The molecular weight excluding hydrogens is 364 g/mol. The molecular formula is C20H22N2O4S. The summed E-state index contributed by atoms with van der Waals surface area (Å²) in [5, 5.41) is 0. The molecule has 1 amide bonds. The zero-order chi connectivity index (χ0) is 18.9. The van der Waals surface area contributed by atoms with Crippen molar-refractivity contribution in [3.05, 3.63) is 59.7 Å². The third kappa shape index (κ3) is 3.99. The van der Waals surface area contributed by atoms with Crippen LogP contribution in [0.3, 0.4) is 0 Å². The van der Waals surface area contributed by atoms with Crippen molar-refractivity contribution in [1.29, 1.82) is 0 Å². The smallest absolute Gasteiger partial charge is 0.256 e. The van der Waals surface area contributed by atoms with E-state index in [1.165, 1.54) is 0 Å².